The monoisotopic (exact) mass is 1040 g/mol. The van der Waals surface area contributed by atoms with Gasteiger partial charge in [0.25, 0.3) is 0 Å². The average Bonchev–Trinajstić information content (AvgIpc) is 3.37. The normalized spacial score (nSPS) is 13.1. The molecule has 2 unspecified atom stereocenters. The Hall–Kier alpha value is -1.51. The zero-order valence-electron chi connectivity index (χ0n) is 47.7. The highest BCUT2D eigenvalue weighted by Crippen LogP contribution is 2.43. The predicted octanol–water partition coefficient (Wildman–Crippen LogP) is 19.8. The molecule has 0 fully saturated rings. The molecular formula is C62H120NO8P. The Balaban J connectivity index is 3.86. The molecule has 0 aliphatic carbocycles. The van der Waals surface area contributed by atoms with Crippen LogP contribution in [0.3, 0.4) is 0 Å². The molecule has 0 aromatic rings. The summed E-state index contributed by atoms with van der Waals surface area (Å²) in [6.45, 7) is 3.80. The van der Waals surface area contributed by atoms with Crippen molar-refractivity contribution in [3.8, 4) is 0 Å². The molecule has 0 aliphatic rings. The van der Waals surface area contributed by atoms with Crippen LogP contribution in [0.2, 0.25) is 0 Å². The zero-order valence-corrected chi connectivity index (χ0v) is 48.6. The van der Waals surface area contributed by atoms with Crippen LogP contribution in [0.1, 0.15) is 328 Å². The van der Waals surface area contributed by atoms with Crippen LogP contribution in [0.4, 0.5) is 0 Å². The van der Waals surface area contributed by atoms with E-state index in [9.17, 15) is 19.0 Å². The van der Waals surface area contributed by atoms with Gasteiger partial charge in [0.2, 0.25) is 0 Å². The standard InChI is InChI=1S/C62H120NO8P/c1-3-5-7-9-11-13-15-17-19-21-23-25-26-27-28-29-30-31-32-33-34-35-37-39-41-43-45-47-49-51-53-55-62(65)71-60(59-70-72(66,67)69-57-56-63)58-68-61(64)54-52-50-48-46-44-42-40-38-36-24-22-20-18-16-14-12-10-8-6-4-2/h15,17,21,23,60H,3-14,16,18-20,22,24-59,63H2,1-2H3,(H,66,67)/b17-15-,23-21-. The second-order valence-corrected chi connectivity index (χ2v) is 22.7. The number of phosphoric ester groups is 1. The number of hydrogen-bond donors (Lipinski definition) is 2. The fraction of sp³-hybridized carbons (Fsp3) is 0.903. The molecule has 0 bridgehead atoms. The Morgan fingerprint density at radius 2 is 0.722 bits per heavy atom. The molecular weight excluding hydrogens is 918 g/mol. The summed E-state index contributed by atoms with van der Waals surface area (Å²) in [6.07, 6.45) is 69.6. The number of rotatable bonds is 60. The summed E-state index contributed by atoms with van der Waals surface area (Å²) in [4.78, 5) is 35.2. The number of carbonyl (C=O) groups is 2. The van der Waals surface area contributed by atoms with E-state index < -0.39 is 26.5 Å². The summed E-state index contributed by atoms with van der Waals surface area (Å²) in [6, 6.07) is 0. The van der Waals surface area contributed by atoms with Crippen LogP contribution >= 0.6 is 7.82 Å². The minimum Gasteiger partial charge on any atom is -0.462 e. The molecule has 0 amide bonds. The van der Waals surface area contributed by atoms with Crippen LogP contribution in [0, 0.1) is 0 Å². The van der Waals surface area contributed by atoms with E-state index in [1.165, 1.54) is 257 Å². The first kappa shape index (κ1) is 70.5. The molecule has 0 aliphatic heterocycles. The fourth-order valence-corrected chi connectivity index (χ4v) is 10.2. The molecule has 9 nitrogen and oxygen atoms in total. The van der Waals surface area contributed by atoms with Crippen molar-refractivity contribution >= 4 is 19.8 Å². The molecule has 3 N–H and O–H groups in total. The summed E-state index contributed by atoms with van der Waals surface area (Å²) in [5.74, 6) is -0.805. The molecule has 0 spiro atoms. The topological polar surface area (TPSA) is 134 Å². The quantitative estimate of drug-likeness (QED) is 0.0264. The molecule has 0 aromatic carbocycles. The predicted molar refractivity (Wildman–Crippen MR) is 307 cm³/mol. The first-order valence-electron chi connectivity index (χ1n) is 31.3. The number of hydrogen-bond acceptors (Lipinski definition) is 8. The number of ether oxygens (including phenoxy) is 2. The second kappa shape index (κ2) is 58.7. The van der Waals surface area contributed by atoms with E-state index in [1.54, 1.807) is 0 Å². The van der Waals surface area contributed by atoms with Gasteiger partial charge in [-0.1, -0.05) is 295 Å². The second-order valence-electron chi connectivity index (χ2n) is 21.3. The van der Waals surface area contributed by atoms with E-state index >= 15 is 0 Å². The number of esters is 2. The molecule has 0 saturated heterocycles. The van der Waals surface area contributed by atoms with E-state index in [-0.39, 0.29) is 38.6 Å². The van der Waals surface area contributed by atoms with Crippen molar-refractivity contribution in [2.24, 2.45) is 5.73 Å². The van der Waals surface area contributed by atoms with Gasteiger partial charge in [0.15, 0.2) is 6.10 Å². The van der Waals surface area contributed by atoms with Crippen molar-refractivity contribution in [1.29, 1.82) is 0 Å². The van der Waals surface area contributed by atoms with Crippen molar-refractivity contribution in [3.05, 3.63) is 24.3 Å². The average molecular weight is 1040 g/mol. The van der Waals surface area contributed by atoms with Gasteiger partial charge in [-0.2, -0.15) is 0 Å². The maximum atomic E-state index is 12.7. The van der Waals surface area contributed by atoms with E-state index in [4.69, 9.17) is 24.3 Å². The Kier molecular flexibility index (Phi) is 57.5. The Labute approximate surface area is 446 Å². The number of unbranched alkanes of at least 4 members (excludes halogenated alkanes) is 43. The third-order valence-corrected chi connectivity index (χ3v) is 15.1. The summed E-state index contributed by atoms with van der Waals surface area (Å²) < 4.78 is 33.1. The zero-order chi connectivity index (χ0) is 52.4. The summed E-state index contributed by atoms with van der Waals surface area (Å²) in [7, 11) is -4.38. The molecule has 0 saturated carbocycles. The van der Waals surface area contributed by atoms with Crippen molar-refractivity contribution < 1.29 is 37.6 Å². The number of phosphoric acid groups is 1. The molecule has 10 heteroatoms. The number of carbonyl (C=O) groups excluding carboxylic acids is 2. The van der Waals surface area contributed by atoms with Gasteiger partial charge in [-0.05, 0) is 44.9 Å². The lowest BCUT2D eigenvalue weighted by molar-refractivity contribution is -0.161. The molecule has 0 aromatic heterocycles. The highest BCUT2D eigenvalue weighted by molar-refractivity contribution is 7.47. The van der Waals surface area contributed by atoms with E-state index in [0.29, 0.717) is 6.42 Å². The van der Waals surface area contributed by atoms with Gasteiger partial charge in [0, 0.05) is 19.4 Å². The van der Waals surface area contributed by atoms with Gasteiger partial charge in [0.05, 0.1) is 13.2 Å². The van der Waals surface area contributed by atoms with E-state index in [2.05, 4.69) is 38.2 Å². The lowest BCUT2D eigenvalue weighted by Gasteiger charge is -2.19. The van der Waals surface area contributed by atoms with E-state index in [1.807, 2.05) is 0 Å². The minimum absolute atomic E-state index is 0.0568. The third kappa shape index (κ3) is 57.8. The van der Waals surface area contributed by atoms with Gasteiger partial charge >= 0.3 is 19.8 Å². The lowest BCUT2D eigenvalue weighted by atomic mass is 10.0. The Bertz CT molecular complexity index is 1230. The van der Waals surface area contributed by atoms with Crippen LogP contribution in [-0.2, 0) is 32.7 Å². The van der Waals surface area contributed by atoms with Gasteiger partial charge in [-0.3, -0.25) is 18.6 Å². The van der Waals surface area contributed by atoms with Crippen molar-refractivity contribution in [3.63, 3.8) is 0 Å². The highest BCUT2D eigenvalue weighted by Gasteiger charge is 2.26. The summed E-state index contributed by atoms with van der Waals surface area (Å²) in [5.41, 5.74) is 5.39. The SMILES string of the molecule is CCCCCCC/C=C\C/C=C\CCCCCCCCCCCCCCCCCCCCCC(=O)OC(COC(=O)CCCCCCCCCCCCCCCCCCCCCC)COP(=O)(O)OCCN. The maximum Gasteiger partial charge on any atom is 0.472 e. The van der Waals surface area contributed by atoms with E-state index in [0.717, 1.165) is 38.5 Å². The van der Waals surface area contributed by atoms with Crippen molar-refractivity contribution in [2.75, 3.05) is 26.4 Å². The maximum absolute atomic E-state index is 12.7. The van der Waals surface area contributed by atoms with Gasteiger partial charge < -0.3 is 20.1 Å². The first-order chi connectivity index (χ1) is 35.3. The first-order valence-corrected chi connectivity index (χ1v) is 32.8. The van der Waals surface area contributed by atoms with Crippen LogP contribution < -0.4 is 5.73 Å². The Morgan fingerprint density at radius 1 is 0.417 bits per heavy atom. The smallest absolute Gasteiger partial charge is 0.462 e. The number of nitrogens with two attached hydrogens (primary N) is 1. The Morgan fingerprint density at radius 3 is 1.06 bits per heavy atom. The van der Waals surface area contributed by atoms with Crippen LogP contribution in [-0.4, -0.2) is 49.3 Å². The molecule has 2 atom stereocenters. The molecule has 0 radical (unpaired) electrons. The summed E-state index contributed by atoms with van der Waals surface area (Å²) in [5, 5.41) is 0. The molecule has 0 heterocycles. The van der Waals surface area contributed by atoms with Crippen molar-refractivity contribution in [1.82, 2.24) is 0 Å². The van der Waals surface area contributed by atoms with Gasteiger partial charge in [0.1, 0.15) is 6.61 Å². The van der Waals surface area contributed by atoms with Crippen molar-refractivity contribution in [2.45, 2.75) is 335 Å². The summed E-state index contributed by atoms with van der Waals surface area (Å²) >= 11 is 0. The fourth-order valence-electron chi connectivity index (χ4n) is 9.44. The molecule has 72 heavy (non-hydrogen) atoms. The lowest BCUT2D eigenvalue weighted by Crippen LogP contribution is -2.29. The number of allylic oxidation sites excluding steroid dienone is 4. The molecule has 0 rings (SSSR count). The van der Waals surface area contributed by atoms with Crippen LogP contribution in [0.25, 0.3) is 0 Å². The molecule has 426 valence electrons. The van der Waals surface area contributed by atoms with Gasteiger partial charge in [-0.25, -0.2) is 4.57 Å². The highest BCUT2D eigenvalue weighted by atomic mass is 31.2. The van der Waals surface area contributed by atoms with Crippen LogP contribution in [0.5, 0.6) is 0 Å². The van der Waals surface area contributed by atoms with Crippen LogP contribution in [0.15, 0.2) is 24.3 Å². The van der Waals surface area contributed by atoms with Gasteiger partial charge in [-0.15, -0.1) is 0 Å². The third-order valence-electron chi connectivity index (χ3n) is 14.1. The largest absolute Gasteiger partial charge is 0.472 e. The minimum atomic E-state index is -4.38.